The van der Waals surface area contributed by atoms with Gasteiger partial charge in [0, 0.05) is 0 Å². The SMILES string of the molecule is C[C@@H](N)C(=O)N[C@H](C)C(=O)N1CC(Oc2ccc3c(c2C(=O)O)O[B-](O)(O)CC3)C1. The van der Waals surface area contributed by atoms with Crippen molar-refractivity contribution >= 4 is 24.5 Å². The first kappa shape index (κ1) is 21.9. The Hall–Kier alpha value is -2.83. The van der Waals surface area contributed by atoms with Crippen LogP contribution in [0.15, 0.2) is 12.1 Å². The maximum absolute atomic E-state index is 12.4. The van der Waals surface area contributed by atoms with Crippen LogP contribution in [0.5, 0.6) is 11.5 Å². The van der Waals surface area contributed by atoms with Crippen molar-refractivity contribution in [2.45, 2.75) is 44.8 Å². The van der Waals surface area contributed by atoms with Crippen LogP contribution in [0.1, 0.15) is 29.8 Å². The number of likely N-dealkylation sites (tertiary alicyclic amines) is 1. The van der Waals surface area contributed by atoms with Crippen LogP contribution in [0.4, 0.5) is 0 Å². The summed E-state index contributed by atoms with van der Waals surface area (Å²) in [6, 6.07) is 1.64. The standard InChI is InChI=1S/C18H25BN3O8/c1-9(20)16(23)21-10(2)17(24)22-7-12(8-22)29-13-4-3-11-5-6-19(27,28)30-15(11)14(13)18(25)26/h3-4,9-10,12,27-28H,5-8,20H2,1-2H3,(H,21,23)(H,25,26)/q-1/t9-,10-/m1/s1. The van der Waals surface area contributed by atoms with Gasteiger partial charge in [-0.2, -0.15) is 0 Å². The van der Waals surface area contributed by atoms with Gasteiger partial charge in [-0.25, -0.2) is 4.79 Å². The molecule has 164 valence electrons. The Morgan fingerprint density at radius 2 is 1.97 bits per heavy atom. The molecule has 0 unspecified atom stereocenters. The topological polar surface area (TPSA) is 172 Å². The molecule has 1 fully saturated rings. The minimum Gasteiger partial charge on any atom is -0.669 e. The van der Waals surface area contributed by atoms with Crippen LogP contribution >= 0.6 is 0 Å². The van der Waals surface area contributed by atoms with Gasteiger partial charge in [0.2, 0.25) is 11.8 Å². The smallest absolute Gasteiger partial charge is 0.430 e. The Labute approximate surface area is 172 Å². The van der Waals surface area contributed by atoms with E-state index in [0.29, 0.717) is 5.56 Å². The number of aryl methyl sites for hydroxylation is 1. The van der Waals surface area contributed by atoms with E-state index in [0.717, 1.165) is 0 Å². The maximum Gasteiger partial charge on any atom is 0.430 e. The fraction of sp³-hybridized carbons (Fsp3) is 0.500. The van der Waals surface area contributed by atoms with Crippen LogP contribution in [0.3, 0.4) is 0 Å². The van der Waals surface area contributed by atoms with Crippen LogP contribution in [-0.4, -0.2) is 75.9 Å². The summed E-state index contributed by atoms with van der Waals surface area (Å²) in [4.78, 5) is 37.2. The van der Waals surface area contributed by atoms with Gasteiger partial charge >= 0.3 is 12.7 Å². The van der Waals surface area contributed by atoms with E-state index in [1.807, 2.05) is 0 Å². The third-order valence-electron chi connectivity index (χ3n) is 5.11. The van der Waals surface area contributed by atoms with Gasteiger partial charge in [-0.3, -0.25) is 9.59 Å². The van der Waals surface area contributed by atoms with Crippen molar-refractivity contribution < 1.29 is 38.9 Å². The van der Waals surface area contributed by atoms with E-state index in [9.17, 15) is 29.5 Å². The zero-order valence-electron chi connectivity index (χ0n) is 16.7. The quantitative estimate of drug-likeness (QED) is 0.349. The molecule has 0 aromatic heterocycles. The van der Waals surface area contributed by atoms with Crippen molar-refractivity contribution in [3.63, 3.8) is 0 Å². The number of amides is 2. The number of benzene rings is 1. The van der Waals surface area contributed by atoms with Crippen molar-refractivity contribution in [1.82, 2.24) is 10.2 Å². The predicted octanol–water partition coefficient (Wildman–Crippen LogP) is -1.32. The fourth-order valence-electron chi connectivity index (χ4n) is 3.38. The molecule has 2 aliphatic heterocycles. The lowest BCUT2D eigenvalue weighted by molar-refractivity contribution is -0.143. The Bertz CT molecular complexity index is 869. The third kappa shape index (κ3) is 4.50. The number of nitrogens with two attached hydrogens (primary N) is 1. The summed E-state index contributed by atoms with van der Waals surface area (Å²) in [6.45, 7) is 0.365. The minimum atomic E-state index is -3.12. The van der Waals surface area contributed by atoms with Crippen LogP contribution in [0, 0.1) is 0 Å². The number of hydrogen-bond acceptors (Lipinski definition) is 8. The summed E-state index contributed by atoms with van der Waals surface area (Å²) in [5.74, 6) is -2.16. The number of aromatic carboxylic acids is 1. The average molecular weight is 422 g/mol. The molecule has 2 heterocycles. The summed E-state index contributed by atoms with van der Waals surface area (Å²) in [6.07, 6.45) is -0.216. The number of rotatable bonds is 6. The van der Waals surface area contributed by atoms with Crippen molar-refractivity contribution in [3.8, 4) is 11.5 Å². The van der Waals surface area contributed by atoms with Gasteiger partial charge in [0.1, 0.15) is 23.5 Å². The molecule has 12 heteroatoms. The lowest BCUT2D eigenvalue weighted by Gasteiger charge is -2.41. The fourth-order valence-corrected chi connectivity index (χ4v) is 3.38. The van der Waals surface area contributed by atoms with E-state index >= 15 is 0 Å². The molecule has 30 heavy (non-hydrogen) atoms. The number of nitrogens with one attached hydrogen (secondary N) is 1. The second-order valence-electron chi connectivity index (χ2n) is 7.75. The first-order valence-corrected chi connectivity index (χ1v) is 9.68. The zero-order valence-corrected chi connectivity index (χ0v) is 16.7. The summed E-state index contributed by atoms with van der Waals surface area (Å²) in [5, 5.41) is 31.7. The van der Waals surface area contributed by atoms with Gasteiger partial charge in [-0.05, 0) is 31.9 Å². The van der Waals surface area contributed by atoms with E-state index < -0.39 is 36.8 Å². The summed E-state index contributed by atoms with van der Waals surface area (Å²) < 4.78 is 10.9. The van der Waals surface area contributed by atoms with E-state index in [1.165, 1.54) is 17.9 Å². The number of carbonyl (C=O) groups is 3. The minimum absolute atomic E-state index is 0.0187. The third-order valence-corrected chi connectivity index (χ3v) is 5.11. The van der Waals surface area contributed by atoms with Gasteiger partial charge in [-0.1, -0.05) is 12.4 Å². The molecule has 2 amide bonds. The van der Waals surface area contributed by atoms with Gasteiger partial charge in [0.05, 0.1) is 24.9 Å². The zero-order chi connectivity index (χ0) is 22.2. The van der Waals surface area contributed by atoms with Crippen LogP contribution in [-0.2, 0) is 16.0 Å². The first-order chi connectivity index (χ1) is 14.0. The number of carboxylic acid groups (broad SMARTS) is 1. The van der Waals surface area contributed by atoms with Gasteiger partial charge < -0.3 is 40.5 Å². The molecule has 0 spiro atoms. The molecular weight excluding hydrogens is 397 g/mol. The van der Waals surface area contributed by atoms with E-state index in [-0.39, 0.29) is 48.8 Å². The summed E-state index contributed by atoms with van der Waals surface area (Å²) >= 11 is 0. The highest BCUT2D eigenvalue weighted by atomic mass is 16.6. The Kier molecular flexibility index (Phi) is 5.93. The predicted molar refractivity (Wildman–Crippen MR) is 105 cm³/mol. The molecule has 3 rings (SSSR count). The first-order valence-electron chi connectivity index (χ1n) is 9.68. The van der Waals surface area contributed by atoms with Crippen molar-refractivity contribution in [3.05, 3.63) is 23.3 Å². The van der Waals surface area contributed by atoms with Crippen LogP contribution < -0.4 is 20.4 Å². The van der Waals surface area contributed by atoms with Crippen LogP contribution in [0.25, 0.3) is 0 Å². The number of nitrogens with zero attached hydrogens (tertiary/aromatic N) is 1. The Morgan fingerprint density at radius 3 is 2.57 bits per heavy atom. The lowest BCUT2D eigenvalue weighted by Crippen LogP contribution is -2.61. The van der Waals surface area contributed by atoms with Crippen LogP contribution in [0.2, 0.25) is 6.32 Å². The molecule has 6 N–H and O–H groups in total. The summed E-state index contributed by atoms with van der Waals surface area (Å²) in [5.41, 5.74) is 5.73. The highest BCUT2D eigenvalue weighted by Gasteiger charge is 2.37. The Balaban J connectivity index is 1.66. The van der Waals surface area contributed by atoms with E-state index in [1.54, 1.807) is 13.0 Å². The number of carboxylic acids is 1. The molecule has 0 aliphatic carbocycles. The molecule has 1 aromatic carbocycles. The second-order valence-corrected chi connectivity index (χ2v) is 7.75. The number of ether oxygens (including phenoxy) is 1. The average Bonchev–Trinajstić information content (AvgIpc) is 2.61. The number of carbonyl (C=O) groups excluding carboxylic acids is 2. The molecule has 0 radical (unpaired) electrons. The second kappa shape index (κ2) is 8.13. The molecule has 1 aromatic rings. The maximum atomic E-state index is 12.4. The molecule has 11 nitrogen and oxygen atoms in total. The van der Waals surface area contributed by atoms with Gasteiger partial charge in [-0.15, -0.1) is 0 Å². The summed E-state index contributed by atoms with van der Waals surface area (Å²) in [7, 11) is 0. The largest absolute Gasteiger partial charge is 0.669 e. The van der Waals surface area contributed by atoms with E-state index in [4.69, 9.17) is 15.1 Å². The van der Waals surface area contributed by atoms with Crippen molar-refractivity contribution in [2.24, 2.45) is 5.73 Å². The Morgan fingerprint density at radius 1 is 1.30 bits per heavy atom. The highest BCUT2D eigenvalue weighted by Crippen LogP contribution is 2.38. The molecule has 0 bridgehead atoms. The highest BCUT2D eigenvalue weighted by molar-refractivity contribution is 6.59. The van der Waals surface area contributed by atoms with Gasteiger partial charge in [0.25, 0.3) is 0 Å². The number of fused-ring (bicyclic) bond motifs is 1. The molecule has 1 saturated heterocycles. The van der Waals surface area contributed by atoms with Crippen molar-refractivity contribution in [1.29, 1.82) is 0 Å². The lowest BCUT2D eigenvalue weighted by atomic mass is 9.70. The molecule has 2 aliphatic rings. The normalized spacial score (nSPS) is 19.6. The van der Waals surface area contributed by atoms with E-state index in [2.05, 4.69) is 5.32 Å². The van der Waals surface area contributed by atoms with Gasteiger partial charge in [0.15, 0.2) is 0 Å². The van der Waals surface area contributed by atoms with Crippen molar-refractivity contribution in [2.75, 3.05) is 13.1 Å². The molecule has 0 saturated carbocycles. The molecule has 2 atom stereocenters. The monoisotopic (exact) mass is 422 g/mol. The number of hydrogen-bond donors (Lipinski definition) is 5. The molecular formula is C18H25BN3O8-.